The first-order valence-corrected chi connectivity index (χ1v) is 10.4. The summed E-state index contributed by atoms with van der Waals surface area (Å²) in [6.07, 6.45) is -0.00720. The second-order valence-corrected chi connectivity index (χ2v) is 8.04. The van der Waals surface area contributed by atoms with E-state index in [0.717, 1.165) is 17.1 Å². The van der Waals surface area contributed by atoms with Crippen molar-refractivity contribution in [3.05, 3.63) is 59.2 Å². The lowest BCUT2D eigenvalue weighted by Gasteiger charge is -2.18. The van der Waals surface area contributed by atoms with Gasteiger partial charge in [0.25, 0.3) is 0 Å². The number of rotatable bonds is 10. The van der Waals surface area contributed by atoms with Gasteiger partial charge in [-0.1, -0.05) is 51.0 Å². The molecule has 160 valence electrons. The van der Waals surface area contributed by atoms with Crippen LogP contribution < -0.4 is 9.47 Å². The molecular weight excluding hydrogens is 376 g/mol. The van der Waals surface area contributed by atoms with Crippen LogP contribution in [-0.4, -0.2) is 24.3 Å². The Bertz CT molecular complexity index is 887. The van der Waals surface area contributed by atoms with E-state index in [1.807, 2.05) is 24.3 Å². The largest absolute Gasteiger partial charge is 0.493 e. The van der Waals surface area contributed by atoms with Crippen LogP contribution in [0.1, 0.15) is 62.6 Å². The summed E-state index contributed by atoms with van der Waals surface area (Å²) in [5, 5.41) is 9.06. The molecule has 2 aromatic carbocycles. The average molecular weight is 409 g/mol. The van der Waals surface area contributed by atoms with Crippen molar-refractivity contribution >= 4 is 5.97 Å². The molecule has 0 aromatic heterocycles. The van der Waals surface area contributed by atoms with E-state index in [-0.39, 0.29) is 18.3 Å². The van der Waals surface area contributed by atoms with Gasteiger partial charge in [-0.2, -0.15) is 0 Å². The van der Waals surface area contributed by atoms with Crippen LogP contribution in [0.3, 0.4) is 0 Å². The van der Waals surface area contributed by atoms with E-state index >= 15 is 0 Å². The van der Waals surface area contributed by atoms with E-state index in [0.29, 0.717) is 19.1 Å². The summed E-state index contributed by atoms with van der Waals surface area (Å²) < 4.78 is 12.0. The van der Waals surface area contributed by atoms with E-state index in [2.05, 4.69) is 57.7 Å². The van der Waals surface area contributed by atoms with Gasteiger partial charge in [0.05, 0.1) is 25.6 Å². The van der Waals surface area contributed by atoms with Crippen LogP contribution in [0.25, 0.3) is 0 Å². The minimum Gasteiger partial charge on any atom is -0.493 e. The average Bonchev–Trinajstić information content (AvgIpc) is 2.70. The van der Waals surface area contributed by atoms with E-state index in [4.69, 9.17) is 14.6 Å². The number of aliphatic carboxylic acids is 1. The minimum atomic E-state index is -0.855. The summed E-state index contributed by atoms with van der Waals surface area (Å²) in [5.41, 5.74) is 3.29. The lowest BCUT2D eigenvalue weighted by Crippen LogP contribution is -2.17. The zero-order valence-corrected chi connectivity index (χ0v) is 18.6. The SMILES string of the molecule is CC#CC(CC(=O)O)c1ccc(OCC(C)COc2cc(C)ccc2C(C)C)cc1. The first kappa shape index (κ1) is 23.3. The second kappa shape index (κ2) is 11.3. The van der Waals surface area contributed by atoms with Crippen LogP contribution in [0.2, 0.25) is 0 Å². The van der Waals surface area contributed by atoms with E-state index in [9.17, 15) is 4.79 Å². The van der Waals surface area contributed by atoms with Crippen molar-refractivity contribution in [1.29, 1.82) is 0 Å². The number of hydrogen-bond donors (Lipinski definition) is 1. The fraction of sp³-hybridized carbons (Fsp3) is 0.423. The molecule has 2 atom stereocenters. The Labute approximate surface area is 180 Å². The van der Waals surface area contributed by atoms with Crippen molar-refractivity contribution in [3.8, 4) is 23.3 Å². The van der Waals surface area contributed by atoms with Crippen molar-refractivity contribution in [3.63, 3.8) is 0 Å². The zero-order valence-electron chi connectivity index (χ0n) is 18.6. The Kier molecular flexibility index (Phi) is 8.80. The number of aryl methyl sites for hydroxylation is 1. The predicted octanol–water partition coefficient (Wildman–Crippen LogP) is 5.79. The monoisotopic (exact) mass is 408 g/mol. The van der Waals surface area contributed by atoms with Gasteiger partial charge in [0.2, 0.25) is 0 Å². The molecule has 4 heteroatoms. The Morgan fingerprint density at radius 2 is 1.70 bits per heavy atom. The maximum absolute atomic E-state index is 11.0. The molecule has 0 saturated carbocycles. The summed E-state index contributed by atoms with van der Waals surface area (Å²) in [6.45, 7) is 11.3. The molecular formula is C26H32O4. The Morgan fingerprint density at radius 1 is 1.03 bits per heavy atom. The molecule has 2 aromatic rings. The quantitative estimate of drug-likeness (QED) is 0.505. The molecule has 0 bridgehead atoms. The maximum atomic E-state index is 11.0. The molecule has 0 fully saturated rings. The fourth-order valence-corrected chi connectivity index (χ4v) is 3.16. The number of benzene rings is 2. The molecule has 0 spiro atoms. The van der Waals surface area contributed by atoms with Crippen LogP contribution in [0.5, 0.6) is 11.5 Å². The minimum absolute atomic E-state index is 0.00720. The van der Waals surface area contributed by atoms with Gasteiger partial charge in [0, 0.05) is 5.92 Å². The molecule has 0 aliphatic heterocycles. The molecule has 1 N–H and O–H groups in total. The topological polar surface area (TPSA) is 55.8 Å². The molecule has 2 unspecified atom stereocenters. The molecule has 0 radical (unpaired) electrons. The van der Waals surface area contributed by atoms with Crippen LogP contribution in [0.15, 0.2) is 42.5 Å². The van der Waals surface area contributed by atoms with E-state index < -0.39 is 5.97 Å². The van der Waals surface area contributed by atoms with Gasteiger partial charge in [0.1, 0.15) is 11.5 Å². The summed E-state index contributed by atoms with van der Waals surface area (Å²) >= 11 is 0. The number of hydrogen-bond acceptors (Lipinski definition) is 3. The lowest BCUT2D eigenvalue weighted by molar-refractivity contribution is -0.137. The Hall–Kier alpha value is -2.93. The lowest BCUT2D eigenvalue weighted by atomic mass is 9.96. The molecule has 0 aliphatic carbocycles. The van der Waals surface area contributed by atoms with Crippen LogP contribution >= 0.6 is 0 Å². The highest BCUT2D eigenvalue weighted by Crippen LogP contribution is 2.28. The fourth-order valence-electron chi connectivity index (χ4n) is 3.16. The Morgan fingerprint density at radius 3 is 2.30 bits per heavy atom. The molecule has 2 rings (SSSR count). The third-order valence-electron chi connectivity index (χ3n) is 4.83. The third kappa shape index (κ3) is 7.15. The smallest absolute Gasteiger partial charge is 0.304 e. The molecule has 0 saturated heterocycles. The number of ether oxygens (including phenoxy) is 2. The molecule has 0 aliphatic rings. The number of carboxylic acid groups (broad SMARTS) is 1. The van der Waals surface area contributed by atoms with Gasteiger partial charge in [0.15, 0.2) is 0 Å². The zero-order chi connectivity index (χ0) is 22.1. The first-order chi connectivity index (χ1) is 14.3. The van der Waals surface area contributed by atoms with E-state index in [1.54, 1.807) is 6.92 Å². The van der Waals surface area contributed by atoms with Gasteiger partial charge < -0.3 is 14.6 Å². The van der Waals surface area contributed by atoms with Crippen LogP contribution in [-0.2, 0) is 4.79 Å². The van der Waals surface area contributed by atoms with Gasteiger partial charge in [-0.25, -0.2) is 0 Å². The van der Waals surface area contributed by atoms with E-state index in [1.165, 1.54) is 11.1 Å². The van der Waals surface area contributed by atoms with Gasteiger partial charge >= 0.3 is 5.97 Å². The van der Waals surface area contributed by atoms with Crippen molar-refractivity contribution in [2.45, 2.75) is 52.9 Å². The van der Waals surface area contributed by atoms with Crippen LogP contribution in [0, 0.1) is 24.7 Å². The van der Waals surface area contributed by atoms with Crippen molar-refractivity contribution in [1.82, 2.24) is 0 Å². The standard InChI is InChI=1S/C26H32O4/c1-6-7-22(15-26(27)28)21-9-11-23(12-10-21)29-16-20(5)17-30-25-14-19(4)8-13-24(25)18(2)3/h8-14,18,20,22H,15-17H2,1-5H3,(H,27,28). The predicted molar refractivity (Wildman–Crippen MR) is 120 cm³/mol. The summed E-state index contributed by atoms with van der Waals surface area (Å²) in [7, 11) is 0. The highest BCUT2D eigenvalue weighted by Gasteiger charge is 2.14. The second-order valence-electron chi connectivity index (χ2n) is 8.04. The van der Waals surface area contributed by atoms with Gasteiger partial charge in [-0.15, -0.1) is 5.92 Å². The van der Waals surface area contributed by atoms with Crippen molar-refractivity contribution in [2.75, 3.05) is 13.2 Å². The third-order valence-corrected chi connectivity index (χ3v) is 4.83. The number of carbonyl (C=O) groups is 1. The molecule has 0 heterocycles. The number of carboxylic acids is 1. The first-order valence-electron chi connectivity index (χ1n) is 10.4. The molecule has 0 amide bonds. The summed E-state index contributed by atoms with van der Waals surface area (Å²) in [5.74, 6) is 6.94. The summed E-state index contributed by atoms with van der Waals surface area (Å²) in [6, 6.07) is 13.9. The highest BCUT2D eigenvalue weighted by molar-refractivity contribution is 5.69. The normalized spacial score (nSPS) is 12.6. The maximum Gasteiger partial charge on any atom is 0.304 e. The molecule has 4 nitrogen and oxygen atoms in total. The Balaban J connectivity index is 1.90. The van der Waals surface area contributed by atoms with Gasteiger partial charge in [-0.05, 0) is 54.7 Å². The van der Waals surface area contributed by atoms with Crippen molar-refractivity contribution < 1.29 is 19.4 Å². The van der Waals surface area contributed by atoms with Gasteiger partial charge in [-0.3, -0.25) is 4.79 Å². The molecule has 30 heavy (non-hydrogen) atoms. The van der Waals surface area contributed by atoms with Crippen molar-refractivity contribution in [2.24, 2.45) is 5.92 Å². The van der Waals surface area contributed by atoms with Crippen LogP contribution in [0.4, 0.5) is 0 Å². The summed E-state index contributed by atoms with van der Waals surface area (Å²) in [4.78, 5) is 11.0. The highest BCUT2D eigenvalue weighted by atomic mass is 16.5.